The summed E-state index contributed by atoms with van der Waals surface area (Å²) >= 11 is 0.987. The Bertz CT molecular complexity index is 4120. The van der Waals surface area contributed by atoms with Gasteiger partial charge in [0.25, 0.3) is 0 Å². The normalized spacial score (nSPS) is 13.8. The number of hydrogen-bond donors (Lipinski definition) is 0. The molecule has 0 bridgehead atoms. The number of benzene rings is 9. The molecule has 0 aliphatic rings. The summed E-state index contributed by atoms with van der Waals surface area (Å²) in [5.41, 5.74) is 8.61. The van der Waals surface area contributed by atoms with Crippen LogP contribution >= 0.6 is 11.3 Å². The van der Waals surface area contributed by atoms with Gasteiger partial charge in [0.15, 0.2) is 17.5 Å². The van der Waals surface area contributed by atoms with Gasteiger partial charge >= 0.3 is 0 Å². The van der Waals surface area contributed by atoms with Crippen LogP contribution in [0.25, 0.3) is 120 Å². The van der Waals surface area contributed by atoms with Gasteiger partial charge in [0.1, 0.15) is 11.2 Å². The van der Waals surface area contributed by atoms with Gasteiger partial charge in [0, 0.05) is 47.6 Å². The number of aromatic nitrogens is 3. The molecule has 12 rings (SSSR count). The number of thiophene rings is 1. The predicted molar refractivity (Wildman–Crippen MR) is 250 cm³/mol. The third-order valence-electron chi connectivity index (χ3n) is 10.9. The van der Waals surface area contributed by atoms with Crippen molar-refractivity contribution >= 4 is 64.2 Å². The summed E-state index contributed by atoms with van der Waals surface area (Å²) in [4.78, 5) is 15.1. The summed E-state index contributed by atoms with van der Waals surface area (Å²) in [7, 11) is 0. The van der Waals surface area contributed by atoms with E-state index in [0.717, 1.165) is 55.5 Å². The van der Waals surface area contributed by atoms with Gasteiger partial charge in [0.05, 0.1) is 12.3 Å². The van der Waals surface area contributed by atoms with E-state index in [1.807, 2.05) is 91.0 Å². The van der Waals surface area contributed by atoms with E-state index in [0.29, 0.717) is 22.3 Å². The predicted octanol–water partition coefficient (Wildman–Crippen LogP) is 15.3. The molecule has 0 spiro atoms. The van der Waals surface area contributed by atoms with Crippen LogP contribution in [0.2, 0.25) is 0 Å². The molecule has 0 saturated carbocycles. The molecule has 3 heterocycles. The lowest BCUT2D eigenvalue weighted by Gasteiger charge is -2.11. The van der Waals surface area contributed by atoms with Crippen LogP contribution in [-0.2, 0) is 0 Å². The maximum absolute atomic E-state index is 9.48. The van der Waals surface area contributed by atoms with E-state index in [1.165, 1.54) is 0 Å². The fourth-order valence-corrected chi connectivity index (χ4v) is 9.15. The minimum atomic E-state index is -0.527. The van der Waals surface area contributed by atoms with Crippen molar-refractivity contribution in [3.63, 3.8) is 0 Å². The van der Waals surface area contributed by atoms with Crippen molar-refractivity contribution in [2.75, 3.05) is 0 Å². The Morgan fingerprint density at radius 3 is 1.87 bits per heavy atom. The summed E-state index contributed by atoms with van der Waals surface area (Å²) in [5, 5.41) is 2.03. The van der Waals surface area contributed by atoms with E-state index < -0.39 is 36.3 Å². The zero-order valence-corrected chi connectivity index (χ0v) is 32.3. The van der Waals surface area contributed by atoms with Crippen molar-refractivity contribution < 1.29 is 16.8 Å². The summed E-state index contributed by atoms with van der Waals surface area (Å²) in [6.45, 7) is 0. The highest BCUT2D eigenvalue weighted by Crippen LogP contribution is 2.43. The Hall–Kier alpha value is -7.73. The number of furan rings is 1. The van der Waals surface area contributed by atoms with E-state index in [1.54, 1.807) is 0 Å². The fraction of sp³-hybridized carbons (Fsp3) is 0. The van der Waals surface area contributed by atoms with Gasteiger partial charge < -0.3 is 4.42 Å². The molecule has 4 nitrogen and oxygen atoms in total. The molecule has 0 aliphatic carbocycles. The first kappa shape index (κ1) is 26.3. The second kappa shape index (κ2) is 14.0. The van der Waals surface area contributed by atoms with E-state index in [-0.39, 0.29) is 72.1 Å². The Morgan fingerprint density at radius 2 is 1.05 bits per heavy atom. The molecule has 9 aromatic carbocycles. The first-order valence-corrected chi connectivity index (χ1v) is 20.2. The third kappa shape index (κ3) is 5.78. The molecule has 0 fully saturated rings. The van der Waals surface area contributed by atoms with Gasteiger partial charge in [-0.1, -0.05) is 170 Å². The molecular formula is C55H33N3OS. The number of rotatable bonds is 6. The highest BCUT2D eigenvalue weighted by atomic mass is 32.1. The topological polar surface area (TPSA) is 51.8 Å². The summed E-state index contributed by atoms with van der Waals surface area (Å²) in [6.07, 6.45) is 0. The Kier molecular flexibility index (Phi) is 6.13. The third-order valence-corrected chi connectivity index (χ3v) is 12.0. The van der Waals surface area contributed by atoms with Gasteiger partial charge in [-0.15, -0.1) is 11.3 Å². The second-order valence-electron chi connectivity index (χ2n) is 14.4. The van der Waals surface area contributed by atoms with E-state index in [9.17, 15) is 2.74 Å². The summed E-state index contributed by atoms with van der Waals surface area (Å²) < 4.78 is 87.6. The number of fused-ring (bicyclic) bond motifs is 8. The van der Waals surface area contributed by atoms with Crippen LogP contribution in [0.15, 0.2) is 204 Å². The molecule has 5 heteroatoms. The maximum atomic E-state index is 9.48. The van der Waals surface area contributed by atoms with Crippen molar-refractivity contribution in [3.05, 3.63) is 200 Å². The molecule has 0 radical (unpaired) electrons. The molecule has 60 heavy (non-hydrogen) atoms. The molecule has 3 aromatic heterocycles. The summed E-state index contributed by atoms with van der Waals surface area (Å²) in [6, 6.07) is 44.2. The smallest absolute Gasteiger partial charge is 0.164 e. The Labute approximate surface area is 362 Å². The van der Waals surface area contributed by atoms with E-state index in [2.05, 4.69) is 54.6 Å². The van der Waals surface area contributed by atoms with Gasteiger partial charge in [-0.2, -0.15) is 0 Å². The highest BCUT2D eigenvalue weighted by molar-refractivity contribution is 7.26. The minimum absolute atomic E-state index is 0.0205. The molecule has 0 aliphatic heterocycles. The van der Waals surface area contributed by atoms with Crippen LogP contribution in [0.1, 0.15) is 12.3 Å². The van der Waals surface area contributed by atoms with Crippen LogP contribution in [-0.4, -0.2) is 15.0 Å². The molecule has 280 valence electrons. The highest BCUT2D eigenvalue weighted by Gasteiger charge is 2.20. The molecule has 0 N–H and O–H groups in total. The van der Waals surface area contributed by atoms with E-state index in [4.69, 9.17) is 29.0 Å². The van der Waals surface area contributed by atoms with Crippen molar-refractivity contribution in [1.82, 2.24) is 15.0 Å². The molecule has 0 unspecified atom stereocenters. The molecule has 12 aromatic rings. The van der Waals surface area contributed by atoms with Crippen LogP contribution in [0.3, 0.4) is 0 Å². The lowest BCUT2D eigenvalue weighted by molar-refractivity contribution is 0.669. The molecule has 0 amide bonds. The van der Waals surface area contributed by atoms with Crippen LogP contribution < -0.4 is 0 Å². The zero-order valence-electron chi connectivity index (χ0n) is 40.5. The van der Waals surface area contributed by atoms with E-state index >= 15 is 0 Å². The number of nitrogens with zero attached hydrogens (tertiary/aromatic N) is 3. The zero-order chi connectivity index (χ0) is 47.4. The van der Waals surface area contributed by atoms with Crippen LogP contribution in [0, 0.1) is 0 Å². The van der Waals surface area contributed by atoms with Crippen molar-refractivity contribution in [3.8, 4) is 67.5 Å². The van der Waals surface area contributed by atoms with Crippen molar-refractivity contribution in [2.45, 2.75) is 0 Å². The molecular weight excluding hydrogens is 751 g/mol. The average molecular weight is 793 g/mol. The van der Waals surface area contributed by atoms with Gasteiger partial charge in [0.2, 0.25) is 0 Å². The first-order valence-electron chi connectivity index (χ1n) is 23.9. The minimum Gasteiger partial charge on any atom is -0.456 e. The maximum Gasteiger partial charge on any atom is 0.164 e. The standard InChI is InChI=1S/C55H33N3OS/c1-3-12-34(13-4-1)35-24-26-36(27-25-35)39-17-9-18-40(32-39)53-56-54(41-29-30-44-48(33-41)59-47-22-10-20-42(50(44)47)37-14-5-2-6-15-37)58-55(57-53)46-21-11-23-49-51(46)45-31-28-38-16-7-8-19-43(38)52(45)60-49/h1-33H/i7D,8D,11D,16D,19D,21D,23D,28D,31D. The largest absolute Gasteiger partial charge is 0.456 e. The second-order valence-corrected chi connectivity index (χ2v) is 15.5. The summed E-state index contributed by atoms with van der Waals surface area (Å²) in [5.74, 6) is 0.445. The van der Waals surface area contributed by atoms with Crippen molar-refractivity contribution in [1.29, 1.82) is 0 Å². The monoisotopic (exact) mass is 792 g/mol. The Balaban J connectivity index is 1.11. The van der Waals surface area contributed by atoms with Gasteiger partial charge in [-0.25, -0.2) is 15.0 Å². The molecule has 0 saturated heterocycles. The van der Waals surface area contributed by atoms with Crippen molar-refractivity contribution in [2.24, 2.45) is 0 Å². The Morgan fingerprint density at radius 1 is 0.400 bits per heavy atom. The molecule has 0 atom stereocenters. The lowest BCUT2D eigenvalue weighted by atomic mass is 9.99. The SMILES string of the molecule is [2H]c1c([2H])c(-c2nc(-c3cccc(-c4ccc(-c5ccccc5)cc4)c3)nc(-c3ccc4c(c3)oc3cccc(-c5ccccc5)c34)n2)c2c(sc3c4c([2H])c([2H])c([2H])c([2H])c4c([2H])c([2H])c32)c1[2H]. The fourth-order valence-electron chi connectivity index (χ4n) is 8.03. The number of hydrogen-bond acceptors (Lipinski definition) is 5. The van der Waals surface area contributed by atoms with Crippen LogP contribution in [0.5, 0.6) is 0 Å². The first-order chi connectivity index (χ1) is 33.5. The van der Waals surface area contributed by atoms with Gasteiger partial charge in [-0.05, 0) is 74.5 Å². The average Bonchev–Trinajstić information content (AvgIpc) is 3.97. The van der Waals surface area contributed by atoms with Crippen LogP contribution in [0.4, 0.5) is 0 Å². The van der Waals surface area contributed by atoms with Gasteiger partial charge in [-0.3, -0.25) is 0 Å². The quantitative estimate of drug-likeness (QED) is 0.168. The lowest BCUT2D eigenvalue weighted by Crippen LogP contribution is -2.00.